The van der Waals surface area contributed by atoms with Crippen molar-refractivity contribution in [2.75, 3.05) is 19.6 Å². The lowest BCUT2D eigenvalue weighted by molar-refractivity contribution is 0.197. The summed E-state index contributed by atoms with van der Waals surface area (Å²) in [5.41, 5.74) is 2.70. The fourth-order valence-electron chi connectivity index (χ4n) is 3.75. The number of hydrogen-bond acceptors (Lipinski definition) is 3. The number of likely N-dealkylation sites (tertiary alicyclic amines) is 1. The summed E-state index contributed by atoms with van der Waals surface area (Å²) < 4.78 is 18.9. The van der Waals surface area contributed by atoms with Gasteiger partial charge in [0.2, 0.25) is 0 Å². The molecule has 120 valence electrons. The highest BCUT2D eigenvalue weighted by Crippen LogP contribution is 2.32. The number of nitrogens with zero attached hydrogens (tertiary/aromatic N) is 2. The number of benzene rings is 1. The summed E-state index contributed by atoms with van der Waals surface area (Å²) >= 11 is 0. The Bertz CT molecular complexity index is 673. The van der Waals surface area contributed by atoms with Gasteiger partial charge in [-0.1, -0.05) is 6.07 Å². The fraction of sp³-hybridized carbons (Fsp3) is 0.421. The molecule has 0 amide bonds. The average Bonchev–Trinajstić information content (AvgIpc) is 3.18. The lowest BCUT2D eigenvalue weighted by Gasteiger charge is -2.20. The van der Waals surface area contributed by atoms with Crippen LogP contribution in [-0.4, -0.2) is 35.6 Å². The first-order valence-corrected chi connectivity index (χ1v) is 8.36. The molecular formula is C19H21FN2O. The largest absolute Gasteiger partial charge is 0.489 e. The molecule has 2 heterocycles. The molecule has 1 aromatic heterocycles. The Labute approximate surface area is 136 Å². The first-order chi connectivity index (χ1) is 11.3. The van der Waals surface area contributed by atoms with Gasteiger partial charge in [0, 0.05) is 37.4 Å². The zero-order valence-corrected chi connectivity index (χ0v) is 13.1. The molecule has 23 heavy (non-hydrogen) atoms. The maximum atomic E-state index is 12.9. The van der Waals surface area contributed by atoms with E-state index < -0.39 is 0 Å². The van der Waals surface area contributed by atoms with Crippen molar-refractivity contribution in [3.63, 3.8) is 0 Å². The maximum absolute atomic E-state index is 12.9. The van der Waals surface area contributed by atoms with E-state index in [2.05, 4.69) is 16.0 Å². The summed E-state index contributed by atoms with van der Waals surface area (Å²) in [7, 11) is 0. The van der Waals surface area contributed by atoms with Crippen LogP contribution in [0, 0.1) is 5.82 Å². The van der Waals surface area contributed by atoms with Crippen molar-refractivity contribution in [1.82, 2.24) is 9.88 Å². The Morgan fingerprint density at radius 3 is 2.91 bits per heavy atom. The van der Waals surface area contributed by atoms with E-state index in [9.17, 15) is 4.39 Å². The van der Waals surface area contributed by atoms with Gasteiger partial charge in [0.15, 0.2) is 0 Å². The van der Waals surface area contributed by atoms with E-state index in [0.29, 0.717) is 5.92 Å². The molecular weight excluding hydrogens is 291 g/mol. The predicted octanol–water partition coefficient (Wildman–Crippen LogP) is 3.40. The second-order valence-electron chi connectivity index (χ2n) is 6.53. The van der Waals surface area contributed by atoms with Gasteiger partial charge >= 0.3 is 0 Å². The van der Waals surface area contributed by atoms with Crippen LogP contribution in [0.1, 0.15) is 30.0 Å². The topological polar surface area (TPSA) is 25.4 Å². The van der Waals surface area contributed by atoms with E-state index in [1.807, 2.05) is 12.3 Å². The molecule has 3 nitrogen and oxygen atoms in total. The number of rotatable bonds is 4. The van der Waals surface area contributed by atoms with Gasteiger partial charge in [-0.15, -0.1) is 0 Å². The second-order valence-corrected chi connectivity index (χ2v) is 6.53. The van der Waals surface area contributed by atoms with Gasteiger partial charge in [-0.05, 0) is 55.2 Å². The molecule has 1 aliphatic heterocycles. The molecule has 1 fully saturated rings. The maximum Gasteiger partial charge on any atom is 0.123 e. The molecule has 0 saturated carbocycles. The average molecular weight is 312 g/mol. The molecule has 4 rings (SSSR count). The smallest absolute Gasteiger partial charge is 0.123 e. The monoisotopic (exact) mass is 312 g/mol. The summed E-state index contributed by atoms with van der Waals surface area (Å²) in [6, 6.07) is 10.5. The molecule has 2 aliphatic rings. The minimum absolute atomic E-state index is 0.199. The summed E-state index contributed by atoms with van der Waals surface area (Å²) in [5.74, 6) is 1.08. The molecule has 1 saturated heterocycles. The Morgan fingerprint density at radius 2 is 2.04 bits per heavy atom. The third-order valence-electron chi connectivity index (χ3n) is 4.90. The third kappa shape index (κ3) is 3.22. The first kappa shape index (κ1) is 14.6. The molecule has 4 heteroatoms. The third-order valence-corrected chi connectivity index (χ3v) is 4.90. The summed E-state index contributed by atoms with van der Waals surface area (Å²) in [6.07, 6.45) is 5.48. The van der Waals surface area contributed by atoms with Crippen molar-refractivity contribution in [3.05, 3.63) is 59.7 Å². The van der Waals surface area contributed by atoms with Crippen LogP contribution in [0.4, 0.5) is 4.39 Å². The molecule has 2 atom stereocenters. The van der Waals surface area contributed by atoms with Crippen molar-refractivity contribution in [1.29, 1.82) is 0 Å². The first-order valence-electron chi connectivity index (χ1n) is 8.36. The van der Waals surface area contributed by atoms with Crippen LogP contribution in [0.15, 0.2) is 42.6 Å². The highest BCUT2D eigenvalue weighted by molar-refractivity contribution is 5.29. The van der Waals surface area contributed by atoms with Crippen LogP contribution >= 0.6 is 0 Å². The molecule has 0 N–H and O–H groups in total. The highest BCUT2D eigenvalue weighted by Gasteiger charge is 2.30. The number of fused-ring (bicyclic) bond motifs is 1. The fourth-order valence-corrected chi connectivity index (χ4v) is 3.75. The lowest BCUT2D eigenvalue weighted by Crippen LogP contribution is -2.28. The Morgan fingerprint density at radius 1 is 1.17 bits per heavy atom. The zero-order chi connectivity index (χ0) is 15.6. The molecule has 0 radical (unpaired) electrons. The van der Waals surface area contributed by atoms with Crippen LogP contribution in [0.2, 0.25) is 0 Å². The number of ether oxygens (including phenoxy) is 1. The number of pyridine rings is 1. The van der Waals surface area contributed by atoms with E-state index in [-0.39, 0.29) is 11.9 Å². The van der Waals surface area contributed by atoms with Crippen LogP contribution in [0.3, 0.4) is 0 Å². The van der Waals surface area contributed by atoms with E-state index in [0.717, 1.165) is 38.2 Å². The molecule has 0 spiro atoms. The van der Waals surface area contributed by atoms with Crippen LogP contribution in [0.5, 0.6) is 5.75 Å². The van der Waals surface area contributed by atoms with Crippen molar-refractivity contribution < 1.29 is 9.13 Å². The molecule has 0 bridgehead atoms. The molecule has 2 aromatic rings. The summed E-state index contributed by atoms with van der Waals surface area (Å²) in [4.78, 5) is 7.06. The van der Waals surface area contributed by atoms with Gasteiger partial charge in [-0.3, -0.25) is 9.88 Å². The van der Waals surface area contributed by atoms with Crippen molar-refractivity contribution >= 4 is 0 Å². The number of hydrogen-bond donors (Lipinski definition) is 0. The van der Waals surface area contributed by atoms with Gasteiger partial charge in [-0.2, -0.15) is 0 Å². The van der Waals surface area contributed by atoms with E-state index >= 15 is 0 Å². The molecule has 1 aromatic carbocycles. The minimum atomic E-state index is -0.224. The number of halogens is 1. The van der Waals surface area contributed by atoms with Gasteiger partial charge in [0.25, 0.3) is 0 Å². The lowest BCUT2D eigenvalue weighted by atomic mass is 10.1. The molecule has 1 aliphatic carbocycles. The van der Waals surface area contributed by atoms with Gasteiger partial charge in [-0.25, -0.2) is 4.39 Å². The Kier molecular flexibility index (Phi) is 4.00. The van der Waals surface area contributed by atoms with Crippen molar-refractivity contribution in [2.24, 2.45) is 0 Å². The Balaban J connectivity index is 1.33. The summed E-state index contributed by atoms with van der Waals surface area (Å²) in [6.45, 7) is 3.06. The van der Waals surface area contributed by atoms with Crippen LogP contribution in [-0.2, 0) is 6.42 Å². The normalized spacial score (nSPS) is 23.9. The van der Waals surface area contributed by atoms with Crippen LogP contribution < -0.4 is 4.74 Å². The quantitative estimate of drug-likeness (QED) is 0.865. The second kappa shape index (κ2) is 6.28. The zero-order valence-electron chi connectivity index (χ0n) is 13.1. The summed E-state index contributed by atoms with van der Waals surface area (Å²) in [5, 5.41) is 0. The highest BCUT2D eigenvalue weighted by atomic mass is 19.1. The van der Waals surface area contributed by atoms with E-state index in [1.54, 1.807) is 12.1 Å². The molecule has 2 unspecified atom stereocenters. The van der Waals surface area contributed by atoms with Gasteiger partial charge < -0.3 is 4.74 Å². The van der Waals surface area contributed by atoms with Crippen molar-refractivity contribution in [3.8, 4) is 5.75 Å². The standard InChI is InChI=1S/C19H21FN2O/c20-16-5-7-17(8-6-16)23-18-9-11-22(13-18)12-15-4-3-14-2-1-10-21-19(14)15/h1-2,5-8,10,15,18H,3-4,9,11-13H2. The van der Waals surface area contributed by atoms with Crippen molar-refractivity contribution in [2.45, 2.75) is 31.3 Å². The van der Waals surface area contributed by atoms with E-state index in [4.69, 9.17) is 4.74 Å². The van der Waals surface area contributed by atoms with Gasteiger partial charge in [0.1, 0.15) is 17.7 Å². The number of aromatic nitrogens is 1. The Hall–Kier alpha value is -1.94. The van der Waals surface area contributed by atoms with Crippen LogP contribution in [0.25, 0.3) is 0 Å². The SMILES string of the molecule is Fc1ccc(OC2CCN(CC3CCc4cccnc43)C2)cc1. The minimum Gasteiger partial charge on any atom is -0.489 e. The van der Waals surface area contributed by atoms with E-state index in [1.165, 1.54) is 29.8 Å². The predicted molar refractivity (Wildman–Crippen MR) is 87.2 cm³/mol. The van der Waals surface area contributed by atoms with Gasteiger partial charge in [0.05, 0.1) is 0 Å². The number of aryl methyl sites for hydroxylation is 1.